The van der Waals surface area contributed by atoms with Crippen LogP contribution in [0.3, 0.4) is 0 Å². The minimum absolute atomic E-state index is 0.252. The van der Waals surface area contributed by atoms with E-state index in [4.69, 9.17) is 5.73 Å². The molecule has 114 valence electrons. The van der Waals surface area contributed by atoms with E-state index in [1.165, 1.54) is 6.07 Å². The maximum atomic E-state index is 12.8. The Balaban J connectivity index is 3.16. The van der Waals surface area contributed by atoms with Gasteiger partial charge < -0.3 is 5.73 Å². The lowest BCUT2D eigenvalue weighted by molar-refractivity contribution is -0.139. The van der Waals surface area contributed by atoms with E-state index >= 15 is 0 Å². The number of nitrogens with two attached hydrogens (primary N) is 1. The number of hydrogen-bond acceptors (Lipinski definition) is 3. The summed E-state index contributed by atoms with van der Waals surface area (Å²) >= 11 is 0. The maximum absolute atomic E-state index is 12.8. The first-order valence-corrected chi connectivity index (χ1v) is 7.59. The van der Waals surface area contributed by atoms with Crippen LogP contribution < -0.4 is 10.5 Å². The Labute approximate surface area is 116 Å². The van der Waals surface area contributed by atoms with Gasteiger partial charge in [-0.05, 0) is 31.5 Å². The summed E-state index contributed by atoms with van der Waals surface area (Å²) in [5, 5.41) is 0. The summed E-state index contributed by atoms with van der Waals surface area (Å²) in [6.45, 7) is 1.99. The van der Waals surface area contributed by atoms with Gasteiger partial charge in [0.2, 0.25) is 10.0 Å². The second kappa shape index (κ2) is 6.55. The first-order chi connectivity index (χ1) is 9.22. The topological polar surface area (TPSA) is 72.2 Å². The van der Waals surface area contributed by atoms with Crippen molar-refractivity contribution in [3.8, 4) is 0 Å². The number of nitrogens with one attached hydrogen (secondary N) is 1. The molecule has 1 atom stereocenters. The zero-order valence-electron chi connectivity index (χ0n) is 10.9. The number of benzene rings is 1. The Morgan fingerprint density at radius 3 is 2.40 bits per heavy atom. The molecule has 1 unspecified atom stereocenters. The third-order valence-electron chi connectivity index (χ3n) is 2.81. The third kappa shape index (κ3) is 4.19. The summed E-state index contributed by atoms with van der Waals surface area (Å²) in [4.78, 5) is -0.761. The van der Waals surface area contributed by atoms with E-state index in [-0.39, 0.29) is 6.54 Å². The van der Waals surface area contributed by atoms with Crippen LogP contribution in [0.2, 0.25) is 0 Å². The van der Waals surface area contributed by atoms with Crippen molar-refractivity contribution < 1.29 is 21.6 Å². The van der Waals surface area contributed by atoms with E-state index in [1.807, 2.05) is 0 Å². The Morgan fingerprint density at radius 1 is 1.30 bits per heavy atom. The highest BCUT2D eigenvalue weighted by Gasteiger charge is 2.37. The van der Waals surface area contributed by atoms with E-state index in [0.29, 0.717) is 12.8 Å². The quantitative estimate of drug-likeness (QED) is 0.845. The molecule has 0 aliphatic heterocycles. The Bertz CT molecular complexity index is 544. The van der Waals surface area contributed by atoms with Crippen molar-refractivity contribution in [3.05, 3.63) is 29.8 Å². The molecule has 1 aromatic rings. The lowest BCUT2D eigenvalue weighted by atomic mass is 10.2. The summed E-state index contributed by atoms with van der Waals surface area (Å²) in [6, 6.07) is 3.62. The summed E-state index contributed by atoms with van der Waals surface area (Å²) in [6.07, 6.45) is -3.91. The van der Waals surface area contributed by atoms with Gasteiger partial charge >= 0.3 is 6.18 Å². The monoisotopic (exact) mass is 310 g/mol. The zero-order chi connectivity index (χ0) is 15.4. The number of hydrogen-bond donors (Lipinski definition) is 2. The van der Waals surface area contributed by atoms with Crippen molar-refractivity contribution in [1.82, 2.24) is 4.72 Å². The Hall–Kier alpha value is -1.12. The molecule has 0 fully saturated rings. The van der Waals surface area contributed by atoms with Crippen LogP contribution in [0.25, 0.3) is 0 Å². The van der Waals surface area contributed by atoms with E-state index in [2.05, 4.69) is 4.72 Å². The molecule has 0 bridgehead atoms. The molecular weight excluding hydrogens is 293 g/mol. The van der Waals surface area contributed by atoms with Crippen LogP contribution in [0.4, 0.5) is 13.2 Å². The molecule has 0 aromatic heterocycles. The first kappa shape index (κ1) is 16.9. The van der Waals surface area contributed by atoms with E-state index in [1.54, 1.807) is 6.92 Å². The third-order valence-corrected chi connectivity index (χ3v) is 4.39. The van der Waals surface area contributed by atoms with E-state index < -0.39 is 32.7 Å². The van der Waals surface area contributed by atoms with Gasteiger partial charge in [-0.3, -0.25) is 0 Å². The molecule has 20 heavy (non-hydrogen) atoms. The average Bonchev–Trinajstić information content (AvgIpc) is 2.37. The van der Waals surface area contributed by atoms with Crippen LogP contribution in [-0.2, 0) is 16.2 Å². The molecule has 4 nitrogen and oxygen atoms in total. The van der Waals surface area contributed by atoms with E-state index in [0.717, 1.165) is 18.2 Å². The lowest BCUT2D eigenvalue weighted by Gasteiger charge is -2.18. The number of rotatable bonds is 6. The first-order valence-electron chi connectivity index (χ1n) is 6.11. The SMILES string of the molecule is CCC(CCN)NS(=O)(=O)c1ccccc1C(F)(F)F. The predicted octanol–water partition coefficient (Wildman–Crippen LogP) is 2.11. The molecule has 0 heterocycles. The summed E-state index contributed by atoms with van der Waals surface area (Å²) in [5.41, 5.74) is 4.18. The summed E-state index contributed by atoms with van der Waals surface area (Å²) in [7, 11) is -4.23. The fraction of sp³-hybridized carbons (Fsp3) is 0.500. The molecule has 0 amide bonds. The molecule has 0 radical (unpaired) electrons. The van der Waals surface area contributed by atoms with Crippen LogP contribution in [0.1, 0.15) is 25.3 Å². The molecule has 1 rings (SSSR count). The van der Waals surface area contributed by atoms with Gasteiger partial charge in [0.1, 0.15) is 0 Å². The highest BCUT2D eigenvalue weighted by molar-refractivity contribution is 7.89. The number of alkyl halides is 3. The van der Waals surface area contributed by atoms with Gasteiger partial charge in [0.05, 0.1) is 10.5 Å². The second-order valence-electron chi connectivity index (χ2n) is 4.30. The molecule has 8 heteroatoms. The smallest absolute Gasteiger partial charge is 0.330 e. The normalized spacial score (nSPS) is 14.2. The standard InChI is InChI=1S/C12H17F3N2O2S/c1-2-9(7-8-16)17-20(18,19)11-6-4-3-5-10(11)12(13,14)15/h3-6,9,17H,2,7-8,16H2,1H3. The van der Waals surface area contributed by atoms with Crippen LogP contribution in [0, 0.1) is 0 Å². The molecule has 1 aromatic carbocycles. The molecular formula is C12H17F3N2O2S. The highest BCUT2D eigenvalue weighted by atomic mass is 32.2. The van der Waals surface area contributed by atoms with Gasteiger partial charge in [0.15, 0.2) is 0 Å². The molecule has 0 saturated heterocycles. The molecule has 3 N–H and O–H groups in total. The van der Waals surface area contributed by atoms with Crippen LogP contribution >= 0.6 is 0 Å². The van der Waals surface area contributed by atoms with Gasteiger partial charge in [0.25, 0.3) is 0 Å². The zero-order valence-corrected chi connectivity index (χ0v) is 11.8. The van der Waals surface area contributed by atoms with Crippen LogP contribution in [0.5, 0.6) is 0 Å². The maximum Gasteiger partial charge on any atom is 0.417 e. The van der Waals surface area contributed by atoms with Crippen molar-refractivity contribution in [2.24, 2.45) is 5.73 Å². The van der Waals surface area contributed by atoms with Crippen molar-refractivity contribution in [3.63, 3.8) is 0 Å². The van der Waals surface area contributed by atoms with Gasteiger partial charge in [-0.1, -0.05) is 19.1 Å². The Kier molecular flexibility index (Phi) is 5.55. The van der Waals surface area contributed by atoms with Crippen LogP contribution in [0.15, 0.2) is 29.2 Å². The fourth-order valence-corrected chi connectivity index (χ4v) is 3.35. The molecule has 0 saturated carbocycles. The lowest BCUT2D eigenvalue weighted by Crippen LogP contribution is -2.36. The fourth-order valence-electron chi connectivity index (χ4n) is 1.77. The summed E-state index contributed by atoms with van der Waals surface area (Å²) in [5.74, 6) is 0. The summed E-state index contributed by atoms with van der Waals surface area (Å²) < 4.78 is 65.0. The number of halogens is 3. The highest BCUT2D eigenvalue weighted by Crippen LogP contribution is 2.33. The molecule has 0 aliphatic rings. The largest absolute Gasteiger partial charge is 0.417 e. The average molecular weight is 310 g/mol. The van der Waals surface area contributed by atoms with Gasteiger partial charge in [-0.2, -0.15) is 13.2 Å². The molecule has 0 spiro atoms. The van der Waals surface area contributed by atoms with Gasteiger partial charge in [-0.25, -0.2) is 13.1 Å². The van der Waals surface area contributed by atoms with Crippen LogP contribution in [-0.4, -0.2) is 21.0 Å². The Morgan fingerprint density at radius 2 is 1.90 bits per heavy atom. The van der Waals surface area contributed by atoms with Crippen molar-refractivity contribution >= 4 is 10.0 Å². The second-order valence-corrected chi connectivity index (χ2v) is 5.98. The van der Waals surface area contributed by atoms with E-state index in [9.17, 15) is 21.6 Å². The predicted molar refractivity (Wildman–Crippen MR) is 69.5 cm³/mol. The van der Waals surface area contributed by atoms with Gasteiger partial charge in [-0.15, -0.1) is 0 Å². The number of sulfonamides is 1. The van der Waals surface area contributed by atoms with Crippen molar-refractivity contribution in [2.45, 2.75) is 36.9 Å². The van der Waals surface area contributed by atoms with Crippen molar-refractivity contribution in [2.75, 3.05) is 6.54 Å². The van der Waals surface area contributed by atoms with Gasteiger partial charge in [0, 0.05) is 6.04 Å². The van der Waals surface area contributed by atoms with Crippen molar-refractivity contribution in [1.29, 1.82) is 0 Å². The minimum atomic E-state index is -4.72. The molecule has 0 aliphatic carbocycles. The minimum Gasteiger partial charge on any atom is -0.330 e.